The number of aromatic nitrogens is 3. The molecule has 0 fully saturated rings. The summed E-state index contributed by atoms with van der Waals surface area (Å²) in [5.74, 6) is -0.318. The second kappa shape index (κ2) is 4.28. The monoisotopic (exact) mass is 333 g/mol. The summed E-state index contributed by atoms with van der Waals surface area (Å²) in [7, 11) is 0. The summed E-state index contributed by atoms with van der Waals surface area (Å²) in [5, 5.41) is 4.07. The molecule has 2 heterocycles. The molecule has 7 heteroatoms. The van der Waals surface area contributed by atoms with Crippen molar-refractivity contribution in [2.45, 2.75) is 18.6 Å². The van der Waals surface area contributed by atoms with Gasteiger partial charge in [-0.2, -0.15) is 0 Å². The number of benzene rings is 1. The van der Waals surface area contributed by atoms with Crippen molar-refractivity contribution in [2.75, 3.05) is 0 Å². The van der Waals surface area contributed by atoms with Crippen molar-refractivity contribution in [3.8, 4) is 0 Å². The SMILES string of the molecule is Fc1c(Cl)cccc1[C@@H]1C[C@H](F)c2nc(Br)nn21. The quantitative estimate of drug-likeness (QED) is 0.793. The first-order valence-electron chi connectivity index (χ1n) is 5.28. The third-order valence-electron chi connectivity index (χ3n) is 2.98. The van der Waals surface area contributed by atoms with Crippen LogP contribution in [0.5, 0.6) is 0 Å². The molecule has 0 amide bonds. The Morgan fingerprint density at radius 3 is 3.00 bits per heavy atom. The lowest BCUT2D eigenvalue weighted by molar-refractivity contribution is 0.326. The van der Waals surface area contributed by atoms with E-state index in [2.05, 4.69) is 26.0 Å². The van der Waals surface area contributed by atoms with E-state index in [-0.39, 0.29) is 17.3 Å². The maximum Gasteiger partial charge on any atom is 0.217 e. The van der Waals surface area contributed by atoms with Gasteiger partial charge in [0.1, 0.15) is 5.82 Å². The highest BCUT2D eigenvalue weighted by Gasteiger charge is 2.36. The molecule has 3 nitrogen and oxygen atoms in total. The minimum atomic E-state index is -1.24. The van der Waals surface area contributed by atoms with E-state index in [9.17, 15) is 8.78 Å². The second-order valence-corrected chi connectivity index (χ2v) is 5.16. The van der Waals surface area contributed by atoms with Crippen LogP contribution in [0.3, 0.4) is 0 Å². The highest BCUT2D eigenvalue weighted by atomic mass is 79.9. The Bertz CT molecular complexity index is 616. The van der Waals surface area contributed by atoms with E-state index in [0.717, 1.165) is 0 Å². The highest BCUT2D eigenvalue weighted by Crippen LogP contribution is 2.41. The van der Waals surface area contributed by atoms with Crippen molar-refractivity contribution in [1.82, 2.24) is 14.8 Å². The van der Waals surface area contributed by atoms with E-state index in [1.54, 1.807) is 12.1 Å². The first-order chi connectivity index (χ1) is 8.58. The van der Waals surface area contributed by atoms with Crippen LogP contribution in [0.1, 0.15) is 30.0 Å². The third-order valence-corrected chi connectivity index (χ3v) is 3.61. The Morgan fingerprint density at radius 1 is 1.44 bits per heavy atom. The first kappa shape index (κ1) is 12.0. The van der Waals surface area contributed by atoms with Gasteiger partial charge in [0.25, 0.3) is 0 Å². The number of nitrogens with zero attached hydrogens (tertiary/aromatic N) is 3. The van der Waals surface area contributed by atoms with Gasteiger partial charge in [0.15, 0.2) is 12.0 Å². The summed E-state index contributed by atoms with van der Waals surface area (Å²) < 4.78 is 29.5. The lowest BCUT2D eigenvalue weighted by Crippen LogP contribution is -2.09. The van der Waals surface area contributed by atoms with Crippen molar-refractivity contribution in [3.05, 3.63) is 45.2 Å². The fourth-order valence-electron chi connectivity index (χ4n) is 2.19. The summed E-state index contributed by atoms with van der Waals surface area (Å²) in [4.78, 5) is 3.94. The average molecular weight is 335 g/mol. The fraction of sp³-hybridized carbons (Fsp3) is 0.273. The predicted octanol–water partition coefficient (Wildman–Crippen LogP) is 3.84. The molecule has 1 aromatic carbocycles. The Kier molecular flexibility index (Phi) is 2.86. The smallest absolute Gasteiger partial charge is 0.217 e. The van der Waals surface area contributed by atoms with E-state index >= 15 is 0 Å². The molecule has 0 saturated carbocycles. The van der Waals surface area contributed by atoms with E-state index < -0.39 is 18.0 Å². The Hall–Kier alpha value is -1.01. The normalized spacial score (nSPS) is 22.2. The highest BCUT2D eigenvalue weighted by molar-refractivity contribution is 9.10. The van der Waals surface area contributed by atoms with Crippen LogP contribution in [-0.4, -0.2) is 14.8 Å². The summed E-state index contributed by atoms with van der Waals surface area (Å²) >= 11 is 8.83. The molecule has 3 rings (SSSR count). The van der Waals surface area contributed by atoms with Gasteiger partial charge in [-0.15, -0.1) is 5.10 Å². The molecule has 0 radical (unpaired) electrons. The van der Waals surface area contributed by atoms with Crippen LogP contribution in [0.2, 0.25) is 5.02 Å². The van der Waals surface area contributed by atoms with Gasteiger partial charge in [0.2, 0.25) is 4.73 Å². The molecule has 0 aliphatic carbocycles. The van der Waals surface area contributed by atoms with Crippen LogP contribution in [0.4, 0.5) is 8.78 Å². The van der Waals surface area contributed by atoms with Crippen molar-refractivity contribution >= 4 is 27.5 Å². The van der Waals surface area contributed by atoms with Crippen LogP contribution in [0.25, 0.3) is 0 Å². The van der Waals surface area contributed by atoms with Crippen LogP contribution in [-0.2, 0) is 0 Å². The minimum Gasteiger partial charge on any atom is -0.239 e. The van der Waals surface area contributed by atoms with E-state index in [0.29, 0.717) is 10.3 Å². The lowest BCUT2D eigenvalue weighted by atomic mass is 10.0. The number of hydrogen-bond acceptors (Lipinski definition) is 2. The van der Waals surface area contributed by atoms with Gasteiger partial charge in [0.05, 0.1) is 11.1 Å². The standard InChI is InChI=1S/C11H7BrClF2N3/c12-11-16-10-7(14)4-8(18(10)17-11)5-2-1-3-6(13)9(5)15/h1-3,7-8H,4H2/t7-,8-/m0/s1. The van der Waals surface area contributed by atoms with E-state index in [4.69, 9.17) is 11.6 Å². The molecule has 2 atom stereocenters. The predicted molar refractivity (Wildman–Crippen MR) is 65.7 cm³/mol. The third kappa shape index (κ3) is 1.75. The van der Waals surface area contributed by atoms with Crippen molar-refractivity contribution in [2.24, 2.45) is 0 Å². The zero-order valence-corrected chi connectivity index (χ0v) is 11.3. The number of alkyl halides is 1. The summed E-state index contributed by atoms with van der Waals surface area (Å²) in [5.41, 5.74) is 0.335. The molecule has 18 heavy (non-hydrogen) atoms. The van der Waals surface area contributed by atoms with Gasteiger partial charge in [-0.1, -0.05) is 23.7 Å². The summed E-state index contributed by atoms with van der Waals surface area (Å²) in [6.45, 7) is 0. The number of rotatable bonds is 1. The van der Waals surface area contributed by atoms with Gasteiger partial charge in [0, 0.05) is 12.0 Å². The topological polar surface area (TPSA) is 30.7 Å². The largest absolute Gasteiger partial charge is 0.239 e. The molecule has 2 aromatic rings. The molecule has 94 valence electrons. The van der Waals surface area contributed by atoms with Crippen LogP contribution in [0, 0.1) is 5.82 Å². The van der Waals surface area contributed by atoms with Gasteiger partial charge in [-0.3, -0.25) is 0 Å². The second-order valence-electron chi connectivity index (χ2n) is 4.05. The van der Waals surface area contributed by atoms with Gasteiger partial charge < -0.3 is 0 Å². The van der Waals surface area contributed by atoms with E-state index in [1.807, 2.05) is 0 Å². The number of hydrogen-bond donors (Lipinski definition) is 0. The summed E-state index contributed by atoms with van der Waals surface area (Å²) in [6.07, 6.45) is -1.12. The first-order valence-corrected chi connectivity index (χ1v) is 6.45. The molecule has 0 N–H and O–H groups in total. The molecule has 0 unspecified atom stereocenters. The van der Waals surface area contributed by atoms with Crippen molar-refractivity contribution < 1.29 is 8.78 Å². The Morgan fingerprint density at radius 2 is 2.22 bits per heavy atom. The minimum absolute atomic E-state index is 0.0236. The zero-order chi connectivity index (χ0) is 12.9. The van der Waals surface area contributed by atoms with Gasteiger partial charge in [-0.05, 0) is 22.0 Å². The Balaban J connectivity index is 2.11. The molecule has 0 bridgehead atoms. The van der Waals surface area contributed by atoms with E-state index in [1.165, 1.54) is 10.7 Å². The van der Waals surface area contributed by atoms with Crippen molar-refractivity contribution in [3.63, 3.8) is 0 Å². The average Bonchev–Trinajstić information content (AvgIpc) is 2.83. The molecular formula is C11H7BrClF2N3. The Labute approximate surface area is 115 Å². The van der Waals surface area contributed by atoms with Crippen LogP contribution < -0.4 is 0 Å². The maximum absolute atomic E-state index is 14.0. The molecule has 1 aliphatic heterocycles. The molecule has 1 aromatic heterocycles. The van der Waals surface area contributed by atoms with Crippen LogP contribution in [0.15, 0.2) is 22.9 Å². The number of halogens is 4. The molecular weight excluding hydrogens is 327 g/mol. The summed E-state index contributed by atoms with van der Waals surface area (Å²) in [6, 6.07) is 4.18. The molecule has 1 aliphatic rings. The molecule has 0 spiro atoms. The zero-order valence-electron chi connectivity index (χ0n) is 8.95. The fourth-order valence-corrected chi connectivity index (χ4v) is 2.72. The van der Waals surface area contributed by atoms with Crippen LogP contribution >= 0.6 is 27.5 Å². The number of fused-ring (bicyclic) bond motifs is 1. The van der Waals surface area contributed by atoms with Crippen molar-refractivity contribution in [1.29, 1.82) is 0 Å². The van der Waals surface area contributed by atoms with Gasteiger partial charge in [-0.25, -0.2) is 18.4 Å². The van der Waals surface area contributed by atoms with Gasteiger partial charge >= 0.3 is 0 Å². The lowest BCUT2D eigenvalue weighted by Gasteiger charge is -2.13. The maximum atomic E-state index is 14.0. The molecule has 0 saturated heterocycles.